The number of aromatic nitrogens is 2. The summed E-state index contributed by atoms with van der Waals surface area (Å²) in [6.45, 7) is 5.63. The first-order valence-corrected chi connectivity index (χ1v) is 9.16. The Morgan fingerprint density at radius 3 is 2.32 bits per heavy atom. The molecular weight excluding hydrogens is 378 g/mol. The normalized spacial score (nSPS) is 10.8. The summed E-state index contributed by atoms with van der Waals surface area (Å²) in [7, 11) is 0. The maximum Gasteiger partial charge on any atom is 0.316 e. The fraction of sp³-hybridized carbons (Fsp3) is 0.190. The van der Waals surface area contributed by atoms with Crippen LogP contribution in [0, 0.1) is 0 Å². The Labute approximate surface area is 167 Å². The number of nitrogens with one attached hydrogen (secondary N) is 1. The number of benzene rings is 2. The number of rotatable bonds is 5. The van der Waals surface area contributed by atoms with Gasteiger partial charge in [0.1, 0.15) is 10.8 Å². The van der Waals surface area contributed by atoms with E-state index in [1.54, 1.807) is 24.3 Å². The topological polar surface area (TPSA) is 73.2 Å². The SMILES string of the molecule is CC(=O)Nc1ccc(Oc2c(Cl)cnn(-c3ccc(C(C)C)cc3)c2=O)cc1. The highest BCUT2D eigenvalue weighted by Gasteiger charge is 2.14. The molecule has 2 aromatic carbocycles. The molecule has 28 heavy (non-hydrogen) atoms. The van der Waals surface area contributed by atoms with Crippen LogP contribution in [-0.4, -0.2) is 15.7 Å². The molecule has 1 amide bonds. The van der Waals surface area contributed by atoms with Crippen molar-refractivity contribution in [1.82, 2.24) is 9.78 Å². The zero-order valence-corrected chi connectivity index (χ0v) is 16.5. The smallest absolute Gasteiger partial charge is 0.316 e. The highest BCUT2D eigenvalue weighted by molar-refractivity contribution is 6.31. The molecule has 0 aliphatic rings. The zero-order chi connectivity index (χ0) is 20.3. The van der Waals surface area contributed by atoms with Crippen molar-refractivity contribution in [3.05, 3.63) is 75.7 Å². The molecule has 0 unspecified atom stereocenters. The van der Waals surface area contributed by atoms with Gasteiger partial charge in [0, 0.05) is 12.6 Å². The maximum absolute atomic E-state index is 12.9. The van der Waals surface area contributed by atoms with E-state index in [4.69, 9.17) is 16.3 Å². The van der Waals surface area contributed by atoms with Crippen LogP contribution in [0.25, 0.3) is 5.69 Å². The van der Waals surface area contributed by atoms with Gasteiger partial charge in [-0.05, 0) is 47.9 Å². The second-order valence-corrected chi connectivity index (χ2v) is 7.00. The Bertz CT molecular complexity index is 1040. The number of amides is 1. The van der Waals surface area contributed by atoms with Crippen molar-refractivity contribution in [1.29, 1.82) is 0 Å². The fourth-order valence-corrected chi connectivity index (χ4v) is 2.79. The third-order valence-electron chi connectivity index (χ3n) is 4.09. The number of ether oxygens (including phenoxy) is 1. The summed E-state index contributed by atoms with van der Waals surface area (Å²) < 4.78 is 6.95. The first-order valence-electron chi connectivity index (χ1n) is 8.79. The minimum atomic E-state index is -0.462. The molecule has 1 N–H and O–H groups in total. The Morgan fingerprint density at radius 1 is 1.11 bits per heavy atom. The van der Waals surface area contributed by atoms with Crippen molar-refractivity contribution in [3.63, 3.8) is 0 Å². The number of hydrogen-bond acceptors (Lipinski definition) is 4. The molecule has 0 bridgehead atoms. The molecule has 1 aromatic heterocycles. The third kappa shape index (κ3) is 4.40. The summed E-state index contributed by atoms with van der Waals surface area (Å²) in [6, 6.07) is 14.2. The maximum atomic E-state index is 12.9. The van der Waals surface area contributed by atoms with E-state index >= 15 is 0 Å². The van der Waals surface area contributed by atoms with Crippen molar-refractivity contribution < 1.29 is 9.53 Å². The zero-order valence-electron chi connectivity index (χ0n) is 15.8. The first-order chi connectivity index (χ1) is 13.3. The number of carbonyl (C=O) groups excluding carboxylic acids is 1. The fourth-order valence-electron chi connectivity index (χ4n) is 2.62. The lowest BCUT2D eigenvalue weighted by molar-refractivity contribution is -0.114. The molecule has 3 rings (SSSR count). The van der Waals surface area contributed by atoms with Crippen LogP contribution in [0.2, 0.25) is 5.02 Å². The van der Waals surface area contributed by atoms with Crippen molar-refractivity contribution in [3.8, 4) is 17.2 Å². The van der Waals surface area contributed by atoms with Crippen LogP contribution in [0.1, 0.15) is 32.3 Å². The van der Waals surface area contributed by atoms with E-state index in [2.05, 4.69) is 24.3 Å². The van der Waals surface area contributed by atoms with E-state index in [0.717, 1.165) is 0 Å². The predicted molar refractivity (Wildman–Crippen MR) is 110 cm³/mol. The Balaban J connectivity index is 1.91. The highest BCUT2D eigenvalue weighted by Crippen LogP contribution is 2.26. The summed E-state index contributed by atoms with van der Waals surface area (Å²) in [5.41, 5.74) is 1.96. The largest absolute Gasteiger partial charge is 0.450 e. The van der Waals surface area contributed by atoms with Crippen molar-refractivity contribution in [2.45, 2.75) is 26.7 Å². The van der Waals surface area contributed by atoms with Gasteiger partial charge in [0.15, 0.2) is 0 Å². The Kier molecular flexibility index (Phi) is 5.80. The molecule has 3 aromatic rings. The first kappa shape index (κ1) is 19.6. The van der Waals surface area contributed by atoms with Crippen molar-refractivity contribution >= 4 is 23.2 Å². The monoisotopic (exact) mass is 397 g/mol. The number of hydrogen-bond donors (Lipinski definition) is 1. The molecule has 1 heterocycles. The molecule has 0 fully saturated rings. The van der Waals surface area contributed by atoms with Crippen LogP contribution in [0.15, 0.2) is 59.5 Å². The summed E-state index contributed by atoms with van der Waals surface area (Å²) in [5.74, 6) is 0.624. The van der Waals surface area contributed by atoms with Crippen LogP contribution in [0.4, 0.5) is 5.69 Å². The minimum Gasteiger partial charge on any atom is -0.450 e. The molecule has 0 atom stereocenters. The van der Waals surface area contributed by atoms with Crippen molar-refractivity contribution in [2.75, 3.05) is 5.32 Å². The van der Waals surface area contributed by atoms with E-state index in [-0.39, 0.29) is 16.7 Å². The summed E-state index contributed by atoms with van der Waals surface area (Å²) >= 11 is 6.15. The molecule has 7 heteroatoms. The molecule has 0 spiro atoms. The predicted octanol–water partition coefficient (Wildman–Crippen LogP) is 4.76. The van der Waals surface area contributed by atoms with Gasteiger partial charge >= 0.3 is 5.56 Å². The number of halogens is 1. The Morgan fingerprint density at radius 2 is 1.75 bits per heavy atom. The van der Waals surface area contributed by atoms with Gasteiger partial charge in [-0.2, -0.15) is 9.78 Å². The van der Waals surface area contributed by atoms with Crippen LogP contribution in [-0.2, 0) is 4.79 Å². The van der Waals surface area contributed by atoms with Gasteiger partial charge < -0.3 is 10.1 Å². The molecule has 6 nitrogen and oxygen atoms in total. The molecule has 0 saturated carbocycles. The van der Waals surface area contributed by atoms with E-state index in [9.17, 15) is 9.59 Å². The van der Waals surface area contributed by atoms with Gasteiger partial charge in [0.25, 0.3) is 0 Å². The summed E-state index contributed by atoms with van der Waals surface area (Å²) in [5, 5.41) is 6.90. The molecular formula is C21H20ClN3O3. The van der Waals surface area contributed by atoms with Gasteiger partial charge in [0.2, 0.25) is 11.7 Å². The molecule has 0 aliphatic carbocycles. The Hall–Kier alpha value is -3.12. The number of nitrogens with zero attached hydrogens (tertiary/aromatic N) is 2. The van der Waals surface area contributed by atoms with Crippen LogP contribution >= 0.6 is 11.6 Å². The molecule has 0 aliphatic heterocycles. The second-order valence-electron chi connectivity index (χ2n) is 6.59. The van der Waals surface area contributed by atoms with Gasteiger partial charge in [0.05, 0.1) is 11.9 Å². The summed E-state index contributed by atoms with van der Waals surface area (Å²) in [6.07, 6.45) is 1.38. The van der Waals surface area contributed by atoms with Crippen LogP contribution in [0.3, 0.4) is 0 Å². The van der Waals surface area contributed by atoms with Crippen LogP contribution in [0.5, 0.6) is 11.5 Å². The lowest BCUT2D eigenvalue weighted by Crippen LogP contribution is -2.22. The van der Waals surface area contributed by atoms with Crippen molar-refractivity contribution in [2.24, 2.45) is 0 Å². The number of anilines is 1. The van der Waals surface area contributed by atoms with E-state index in [1.165, 1.54) is 23.4 Å². The van der Waals surface area contributed by atoms with Gasteiger partial charge in [-0.3, -0.25) is 9.59 Å². The number of carbonyl (C=O) groups is 1. The minimum absolute atomic E-state index is 0.0168. The lowest BCUT2D eigenvalue weighted by atomic mass is 10.0. The molecule has 0 radical (unpaired) electrons. The van der Waals surface area contributed by atoms with Gasteiger partial charge in [-0.25, -0.2) is 0 Å². The third-order valence-corrected chi connectivity index (χ3v) is 4.36. The van der Waals surface area contributed by atoms with E-state index in [1.807, 2.05) is 24.3 Å². The van der Waals surface area contributed by atoms with Crippen LogP contribution < -0.4 is 15.6 Å². The second kappa shape index (κ2) is 8.27. The van der Waals surface area contributed by atoms with Gasteiger partial charge in [-0.15, -0.1) is 0 Å². The standard InChI is InChI=1S/C21H20ClN3O3/c1-13(2)15-4-8-17(9-5-15)25-21(27)20(19(22)12-23-25)28-18-10-6-16(7-11-18)24-14(3)26/h4-13H,1-3H3,(H,24,26). The molecule has 0 saturated heterocycles. The quantitative estimate of drug-likeness (QED) is 0.673. The van der Waals surface area contributed by atoms with E-state index in [0.29, 0.717) is 23.0 Å². The summed E-state index contributed by atoms with van der Waals surface area (Å²) in [4.78, 5) is 24.0. The lowest BCUT2D eigenvalue weighted by Gasteiger charge is -2.11. The highest BCUT2D eigenvalue weighted by atomic mass is 35.5. The average molecular weight is 398 g/mol. The van der Waals surface area contributed by atoms with E-state index < -0.39 is 5.56 Å². The van der Waals surface area contributed by atoms with Gasteiger partial charge in [-0.1, -0.05) is 37.6 Å². The average Bonchev–Trinajstić information content (AvgIpc) is 2.66. The molecule has 144 valence electrons.